The minimum absolute atomic E-state index is 0.209. The molecule has 2 aromatic carbocycles. The summed E-state index contributed by atoms with van der Waals surface area (Å²) in [6, 6.07) is 9.80. The molecule has 0 amide bonds. The molecule has 2 aromatic rings. The zero-order chi connectivity index (χ0) is 17.7. The standard InChI is InChI=1S/C21H22F3N/c1-14-11-16(15-5-7-17(8-6-15)21(22,23)24)12-18-19(14)25-13-20(18)9-3-2-4-10-20/h5-8,11-12,25H,2-4,9-10,13H2,1H3. The lowest BCUT2D eigenvalue weighted by Gasteiger charge is -2.33. The Bertz CT molecular complexity index is 784. The van der Waals surface area contributed by atoms with Crippen molar-refractivity contribution in [1.29, 1.82) is 0 Å². The molecule has 1 spiro atoms. The van der Waals surface area contributed by atoms with Crippen molar-refractivity contribution in [3.63, 3.8) is 0 Å². The van der Waals surface area contributed by atoms with E-state index in [0.717, 1.165) is 17.7 Å². The van der Waals surface area contributed by atoms with Crippen LogP contribution in [0.3, 0.4) is 0 Å². The Kier molecular flexibility index (Phi) is 3.82. The Morgan fingerprint density at radius 1 is 0.920 bits per heavy atom. The molecule has 0 atom stereocenters. The van der Waals surface area contributed by atoms with Crippen LogP contribution in [0.25, 0.3) is 11.1 Å². The fourth-order valence-electron chi connectivity index (χ4n) is 4.49. The lowest BCUT2D eigenvalue weighted by Crippen LogP contribution is -2.30. The molecule has 0 radical (unpaired) electrons. The number of nitrogens with one attached hydrogen (secondary N) is 1. The number of aryl methyl sites for hydroxylation is 1. The van der Waals surface area contributed by atoms with Gasteiger partial charge < -0.3 is 5.32 Å². The Morgan fingerprint density at radius 3 is 2.24 bits per heavy atom. The molecular weight excluding hydrogens is 323 g/mol. The maximum absolute atomic E-state index is 12.8. The van der Waals surface area contributed by atoms with Gasteiger partial charge >= 0.3 is 6.18 Å². The van der Waals surface area contributed by atoms with E-state index in [2.05, 4.69) is 24.4 Å². The van der Waals surface area contributed by atoms with Gasteiger partial charge in [0.05, 0.1) is 5.56 Å². The molecule has 1 aliphatic carbocycles. The zero-order valence-electron chi connectivity index (χ0n) is 14.3. The van der Waals surface area contributed by atoms with Crippen LogP contribution in [0, 0.1) is 6.92 Å². The first-order valence-corrected chi connectivity index (χ1v) is 8.96. The summed E-state index contributed by atoms with van der Waals surface area (Å²) in [6.45, 7) is 3.07. The molecule has 25 heavy (non-hydrogen) atoms. The van der Waals surface area contributed by atoms with Crippen LogP contribution in [-0.2, 0) is 11.6 Å². The highest BCUT2D eigenvalue weighted by Gasteiger charge is 2.40. The number of fused-ring (bicyclic) bond motifs is 2. The van der Waals surface area contributed by atoms with Crippen molar-refractivity contribution in [3.8, 4) is 11.1 Å². The fourth-order valence-corrected chi connectivity index (χ4v) is 4.49. The fraction of sp³-hybridized carbons (Fsp3) is 0.429. The molecule has 1 heterocycles. The third kappa shape index (κ3) is 2.82. The number of anilines is 1. The van der Waals surface area contributed by atoms with Gasteiger partial charge in [-0.3, -0.25) is 0 Å². The van der Waals surface area contributed by atoms with E-state index >= 15 is 0 Å². The number of rotatable bonds is 1. The van der Waals surface area contributed by atoms with Gasteiger partial charge in [-0.05, 0) is 66.3 Å². The van der Waals surface area contributed by atoms with Gasteiger partial charge in [-0.1, -0.05) is 31.4 Å². The summed E-state index contributed by atoms with van der Waals surface area (Å²) in [4.78, 5) is 0. The van der Waals surface area contributed by atoms with Crippen molar-refractivity contribution in [2.24, 2.45) is 0 Å². The molecule has 0 bridgehead atoms. The molecule has 4 rings (SSSR count). The van der Waals surface area contributed by atoms with E-state index in [1.54, 1.807) is 12.1 Å². The van der Waals surface area contributed by atoms with E-state index in [1.807, 2.05) is 0 Å². The maximum atomic E-state index is 12.8. The predicted molar refractivity (Wildman–Crippen MR) is 94.9 cm³/mol. The average molecular weight is 345 g/mol. The van der Waals surface area contributed by atoms with E-state index in [9.17, 15) is 13.2 Å². The molecule has 0 aromatic heterocycles. The van der Waals surface area contributed by atoms with E-state index < -0.39 is 11.7 Å². The van der Waals surface area contributed by atoms with Crippen molar-refractivity contribution in [2.45, 2.75) is 50.6 Å². The monoisotopic (exact) mass is 345 g/mol. The van der Waals surface area contributed by atoms with Crippen LogP contribution in [0.15, 0.2) is 36.4 Å². The molecule has 132 valence electrons. The third-order valence-corrected chi connectivity index (χ3v) is 5.87. The normalized spacial score (nSPS) is 18.9. The molecule has 1 N–H and O–H groups in total. The van der Waals surface area contributed by atoms with Crippen LogP contribution >= 0.6 is 0 Å². The first-order valence-electron chi connectivity index (χ1n) is 8.96. The molecule has 0 saturated heterocycles. The Labute approximate surface area is 146 Å². The summed E-state index contributed by atoms with van der Waals surface area (Å²) in [6.07, 6.45) is 1.91. The van der Waals surface area contributed by atoms with E-state index in [4.69, 9.17) is 0 Å². The second kappa shape index (κ2) is 5.79. The summed E-state index contributed by atoms with van der Waals surface area (Å²) >= 11 is 0. The van der Waals surface area contributed by atoms with Crippen LogP contribution in [0.4, 0.5) is 18.9 Å². The summed E-state index contributed by atoms with van der Waals surface area (Å²) < 4.78 is 38.4. The van der Waals surface area contributed by atoms with E-state index in [-0.39, 0.29) is 5.41 Å². The van der Waals surface area contributed by atoms with Gasteiger partial charge in [0.15, 0.2) is 0 Å². The number of hydrogen-bond acceptors (Lipinski definition) is 1. The first-order chi connectivity index (χ1) is 11.9. The highest BCUT2D eigenvalue weighted by molar-refractivity contribution is 5.75. The minimum Gasteiger partial charge on any atom is -0.384 e. The van der Waals surface area contributed by atoms with Gasteiger partial charge in [0.1, 0.15) is 0 Å². The van der Waals surface area contributed by atoms with Crippen LogP contribution in [0.2, 0.25) is 0 Å². The maximum Gasteiger partial charge on any atom is 0.416 e. The lowest BCUT2D eigenvalue weighted by atomic mass is 9.70. The van der Waals surface area contributed by atoms with Gasteiger partial charge in [-0.25, -0.2) is 0 Å². The SMILES string of the molecule is Cc1cc(-c2ccc(C(F)(F)F)cc2)cc2c1NCC21CCCCC1. The first kappa shape index (κ1) is 16.5. The van der Waals surface area contributed by atoms with E-state index in [0.29, 0.717) is 0 Å². The molecule has 1 nitrogen and oxygen atoms in total. The average Bonchev–Trinajstić information content (AvgIpc) is 2.94. The van der Waals surface area contributed by atoms with Crippen molar-refractivity contribution >= 4 is 5.69 Å². The molecule has 0 unspecified atom stereocenters. The van der Waals surface area contributed by atoms with E-state index in [1.165, 1.54) is 61.1 Å². The summed E-state index contributed by atoms with van der Waals surface area (Å²) in [7, 11) is 0. The van der Waals surface area contributed by atoms with Gasteiger partial charge in [-0.15, -0.1) is 0 Å². The number of hydrogen-bond donors (Lipinski definition) is 1. The van der Waals surface area contributed by atoms with Crippen LogP contribution in [0.1, 0.15) is 48.8 Å². The minimum atomic E-state index is -4.29. The Morgan fingerprint density at radius 2 is 1.60 bits per heavy atom. The number of benzene rings is 2. The summed E-state index contributed by atoms with van der Waals surface area (Å²) in [5, 5.41) is 3.59. The van der Waals surface area contributed by atoms with Crippen molar-refractivity contribution in [3.05, 3.63) is 53.1 Å². The summed E-state index contributed by atoms with van der Waals surface area (Å²) in [5.41, 5.74) is 5.24. The third-order valence-electron chi connectivity index (χ3n) is 5.87. The quantitative estimate of drug-likeness (QED) is 0.639. The number of halogens is 3. The van der Waals surface area contributed by atoms with Gasteiger partial charge in [0.25, 0.3) is 0 Å². The molecule has 1 aliphatic heterocycles. The highest BCUT2D eigenvalue weighted by Crippen LogP contribution is 2.49. The summed E-state index contributed by atoms with van der Waals surface area (Å²) in [5.74, 6) is 0. The zero-order valence-corrected chi connectivity index (χ0v) is 14.3. The van der Waals surface area contributed by atoms with Crippen molar-refractivity contribution < 1.29 is 13.2 Å². The van der Waals surface area contributed by atoms with Crippen molar-refractivity contribution in [2.75, 3.05) is 11.9 Å². The topological polar surface area (TPSA) is 12.0 Å². The predicted octanol–water partition coefficient (Wildman–Crippen LogP) is 6.31. The molecule has 2 aliphatic rings. The second-order valence-corrected chi connectivity index (χ2v) is 7.49. The second-order valence-electron chi connectivity index (χ2n) is 7.49. The molecule has 1 saturated carbocycles. The Balaban J connectivity index is 1.75. The smallest absolute Gasteiger partial charge is 0.384 e. The van der Waals surface area contributed by atoms with Crippen LogP contribution in [-0.4, -0.2) is 6.54 Å². The van der Waals surface area contributed by atoms with Gasteiger partial charge in [-0.2, -0.15) is 13.2 Å². The van der Waals surface area contributed by atoms with Crippen LogP contribution < -0.4 is 5.32 Å². The van der Waals surface area contributed by atoms with Crippen LogP contribution in [0.5, 0.6) is 0 Å². The van der Waals surface area contributed by atoms with Gasteiger partial charge in [0, 0.05) is 17.6 Å². The number of alkyl halides is 3. The molecule has 4 heteroatoms. The lowest BCUT2D eigenvalue weighted by molar-refractivity contribution is -0.137. The Hall–Kier alpha value is -1.97. The highest BCUT2D eigenvalue weighted by atomic mass is 19.4. The molecule has 1 fully saturated rings. The largest absolute Gasteiger partial charge is 0.416 e. The van der Waals surface area contributed by atoms with Crippen molar-refractivity contribution in [1.82, 2.24) is 0 Å². The molecular formula is C21H22F3N. The van der Waals surface area contributed by atoms with Gasteiger partial charge in [0.2, 0.25) is 0 Å².